The van der Waals surface area contributed by atoms with Gasteiger partial charge in [0.2, 0.25) is 0 Å². The first kappa shape index (κ1) is 24.2. The molecule has 0 atom stereocenters. The van der Waals surface area contributed by atoms with E-state index in [0.717, 1.165) is 61.3 Å². The molecule has 1 aromatic carbocycles. The molecule has 0 amide bonds. The predicted molar refractivity (Wildman–Crippen MR) is 125 cm³/mol. The van der Waals surface area contributed by atoms with Crippen LogP contribution in [0.5, 0.6) is 11.5 Å². The largest absolute Gasteiger partial charge is 0.490 e. The van der Waals surface area contributed by atoms with Crippen molar-refractivity contribution in [2.75, 3.05) is 32.8 Å². The Labute approximate surface area is 185 Å². The quantitative estimate of drug-likeness (QED) is 0.290. The van der Waals surface area contributed by atoms with Crippen molar-refractivity contribution in [3.63, 3.8) is 0 Å². The zero-order valence-corrected chi connectivity index (χ0v) is 19.3. The van der Waals surface area contributed by atoms with Crippen LogP contribution >= 0.6 is 0 Å². The van der Waals surface area contributed by atoms with Crippen molar-refractivity contribution in [1.29, 1.82) is 0 Å². The van der Waals surface area contributed by atoms with E-state index in [1.165, 1.54) is 5.56 Å². The Hall–Kier alpha value is -3.03. The normalized spacial score (nSPS) is 11.3. The Balaban J connectivity index is 1.91. The molecule has 0 aliphatic carbocycles. The van der Waals surface area contributed by atoms with Crippen LogP contribution in [-0.2, 0) is 19.4 Å². The predicted octanol–water partition coefficient (Wildman–Crippen LogP) is 2.99. The second-order valence-corrected chi connectivity index (χ2v) is 7.17. The van der Waals surface area contributed by atoms with Crippen molar-refractivity contribution in [3.05, 3.63) is 48.1 Å². The van der Waals surface area contributed by atoms with E-state index < -0.39 is 0 Å². The number of rotatable bonds is 13. The van der Waals surface area contributed by atoms with Crippen LogP contribution in [0.4, 0.5) is 0 Å². The van der Waals surface area contributed by atoms with Crippen LogP contribution in [0.2, 0.25) is 0 Å². The zero-order chi connectivity index (χ0) is 22.5. The standard InChI is InChI=1S/C23H36N6O2/c1-6-22-28-27-17-29(22)14-13-25-23(26-16-18(4)5)24-12-11-19-9-10-20(30-7-2)21(15-19)31-8-3/h9-10,15,17H,4,6-8,11-14,16H2,1-3,5H3,(H2,24,25,26). The van der Waals surface area contributed by atoms with E-state index in [4.69, 9.17) is 9.47 Å². The third-order valence-corrected chi connectivity index (χ3v) is 4.48. The molecule has 1 heterocycles. The highest BCUT2D eigenvalue weighted by Gasteiger charge is 2.07. The van der Waals surface area contributed by atoms with E-state index in [9.17, 15) is 0 Å². The van der Waals surface area contributed by atoms with Crippen LogP contribution in [-0.4, -0.2) is 53.6 Å². The number of ether oxygens (including phenoxy) is 2. The summed E-state index contributed by atoms with van der Waals surface area (Å²) in [4.78, 5) is 4.61. The van der Waals surface area contributed by atoms with E-state index in [2.05, 4.69) is 50.0 Å². The maximum absolute atomic E-state index is 5.73. The molecule has 0 bridgehead atoms. The average molecular weight is 429 g/mol. The van der Waals surface area contributed by atoms with Gasteiger partial charge < -0.3 is 24.7 Å². The van der Waals surface area contributed by atoms with E-state index in [1.807, 2.05) is 32.9 Å². The fourth-order valence-electron chi connectivity index (χ4n) is 3.00. The lowest BCUT2D eigenvalue weighted by Crippen LogP contribution is -2.40. The van der Waals surface area contributed by atoms with E-state index >= 15 is 0 Å². The van der Waals surface area contributed by atoms with Gasteiger partial charge in [-0.1, -0.05) is 25.1 Å². The highest BCUT2D eigenvalue weighted by molar-refractivity contribution is 5.79. The van der Waals surface area contributed by atoms with E-state index in [-0.39, 0.29) is 0 Å². The Morgan fingerprint density at radius 1 is 1.10 bits per heavy atom. The van der Waals surface area contributed by atoms with Gasteiger partial charge in [-0.2, -0.15) is 0 Å². The summed E-state index contributed by atoms with van der Waals surface area (Å²) in [5.41, 5.74) is 2.19. The molecule has 2 rings (SSSR count). The number of nitrogens with one attached hydrogen (secondary N) is 2. The van der Waals surface area contributed by atoms with Crippen LogP contribution in [0.25, 0.3) is 0 Å². The molecule has 0 aliphatic heterocycles. The molecule has 0 radical (unpaired) electrons. The molecule has 170 valence electrons. The van der Waals surface area contributed by atoms with Crippen LogP contribution in [0.3, 0.4) is 0 Å². The van der Waals surface area contributed by atoms with Crippen LogP contribution in [0.15, 0.2) is 41.7 Å². The number of aromatic nitrogens is 3. The topological polar surface area (TPSA) is 85.6 Å². The fraction of sp³-hybridized carbons (Fsp3) is 0.522. The summed E-state index contributed by atoms with van der Waals surface area (Å²) in [5.74, 6) is 3.32. The Morgan fingerprint density at radius 3 is 2.55 bits per heavy atom. The van der Waals surface area contributed by atoms with Crippen molar-refractivity contribution in [2.24, 2.45) is 4.99 Å². The van der Waals surface area contributed by atoms with Crippen molar-refractivity contribution in [3.8, 4) is 11.5 Å². The summed E-state index contributed by atoms with van der Waals surface area (Å²) in [6.45, 7) is 16.0. The second kappa shape index (κ2) is 13.3. The van der Waals surface area contributed by atoms with Crippen LogP contribution in [0.1, 0.15) is 39.1 Å². The van der Waals surface area contributed by atoms with Gasteiger partial charge in [-0.15, -0.1) is 10.2 Å². The van der Waals surface area contributed by atoms with Crippen LogP contribution < -0.4 is 20.1 Å². The van der Waals surface area contributed by atoms with Crippen molar-refractivity contribution < 1.29 is 9.47 Å². The SMILES string of the molecule is C=C(C)CN=C(NCCc1ccc(OCC)c(OCC)c1)NCCn1cnnc1CC. The molecular weight excluding hydrogens is 392 g/mol. The third kappa shape index (κ3) is 8.32. The van der Waals surface area contributed by atoms with Gasteiger partial charge in [0, 0.05) is 26.1 Å². The molecule has 0 fully saturated rings. The minimum Gasteiger partial charge on any atom is -0.490 e. The lowest BCUT2D eigenvalue weighted by atomic mass is 10.1. The molecule has 2 N–H and O–H groups in total. The third-order valence-electron chi connectivity index (χ3n) is 4.48. The van der Waals surface area contributed by atoms with Gasteiger partial charge in [0.25, 0.3) is 0 Å². The van der Waals surface area contributed by atoms with Gasteiger partial charge in [0.05, 0.1) is 19.8 Å². The fourth-order valence-corrected chi connectivity index (χ4v) is 3.00. The number of nitrogens with zero attached hydrogens (tertiary/aromatic N) is 4. The molecule has 1 aromatic heterocycles. The van der Waals surface area contributed by atoms with E-state index in [1.54, 1.807) is 6.33 Å². The van der Waals surface area contributed by atoms with E-state index in [0.29, 0.717) is 19.8 Å². The Bertz CT molecular complexity index is 846. The summed E-state index contributed by atoms with van der Waals surface area (Å²) in [6, 6.07) is 6.10. The minimum absolute atomic E-state index is 0.583. The smallest absolute Gasteiger partial charge is 0.191 e. The molecular formula is C23H36N6O2. The summed E-state index contributed by atoms with van der Waals surface area (Å²) in [5, 5.41) is 14.9. The molecule has 0 unspecified atom stereocenters. The van der Waals surface area contributed by atoms with Gasteiger partial charge >= 0.3 is 0 Å². The number of hydrogen-bond donors (Lipinski definition) is 2. The van der Waals surface area contributed by atoms with Gasteiger partial charge in [-0.05, 0) is 44.9 Å². The average Bonchev–Trinajstić information content (AvgIpc) is 3.21. The molecule has 2 aromatic rings. The summed E-state index contributed by atoms with van der Waals surface area (Å²) in [6.07, 6.45) is 3.47. The van der Waals surface area contributed by atoms with Gasteiger partial charge in [0.15, 0.2) is 17.5 Å². The molecule has 8 heteroatoms. The number of benzene rings is 1. The van der Waals surface area contributed by atoms with Gasteiger partial charge in [-0.25, -0.2) is 4.99 Å². The maximum Gasteiger partial charge on any atom is 0.191 e. The molecule has 0 saturated heterocycles. The minimum atomic E-state index is 0.583. The molecule has 0 saturated carbocycles. The first-order valence-electron chi connectivity index (χ1n) is 11.0. The van der Waals surface area contributed by atoms with Crippen molar-refractivity contribution >= 4 is 5.96 Å². The maximum atomic E-state index is 5.73. The summed E-state index contributed by atoms with van der Waals surface area (Å²) >= 11 is 0. The second-order valence-electron chi connectivity index (χ2n) is 7.17. The molecule has 8 nitrogen and oxygen atoms in total. The summed E-state index contributed by atoms with van der Waals surface area (Å²) < 4.78 is 13.4. The number of aryl methyl sites for hydroxylation is 1. The zero-order valence-electron chi connectivity index (χ0n) is 19.3. The first-order valence-corrected chi connectivity index (χ1v) is 11.0. The molecule has 0 aliphatic rings. The highest BCUT2D eigenvalue weighted by atomic mass is 16.5. The Kier molecular flexibility index (Phi) is 10.4. The van der Waals surface area contributed by atoms with Gasteiger partial charge in [0.1, 0.15) is 12.2 Å². The van der Waals surface area contributed by atoms with Crippen molar-refractivity contribution in [2.45, 2.75) is 47.1 Å². The lowest BCUT2D eigenvalue weighted by Gasteiger charge is -2.15. The first-order chi connectivity index (χ1) is 15.1. The lowest BCUT2D eigenvalue weighted by molar-refractivity contribution is 0.287. The summed E-state index contributed by atoms with van der Waals surface area (Å²) in [7, 11) is 0. The van der Waals surface area contributed by atoms with Gasteiger partial charge in [-0.3, -0.25) is 0 Å². The monoisotopic (exact) mass is 428 g/mol. The van der Waals surface area contributed by atoms with Crippen LogP contribution in [0, 0.1) is 0 Å². The molecule has 31 heavy (non-hydrogen) atoms. The Morgan fingerprint density at radius 2 is 1.84 bits per heavy atom. The van der Waals surface area contributed by atoms with Crippen molar-refractivity contribution in [1.82, 2.24) is 25.4 Å². The highest BCUT2D eigenvalue weighted by Crippen LogP contribution is 2.28. The number of hydrogen-bond acceptors (Lipinski definition) is 5. The number of guanidine groups is 1. The molecule has 0 spiro atoms. The number of aliphatic imine (C=N–C) groups is 1.